The zero-order chi connectivity index (χ0) is 9.26. The van der Waals surface area contributed by atoms with Gasteiger partial charge < -0.3 is 5.84 Å². The minimum atomic E-state index is -0.296. The summed E-state index contributed by atoms with van der Waals surface area (Å²) >= 11 is 0. The summed E-state index contributed by atoms with van der Waals surface area (Å²) in [6, 6.07) is 0. The second-order valence-electron chi connectivity index (χ2n) is 2.70. The molecule has 1 aliphatic heterocycles. The second-order valence-corrected chi connectivity index (χ2v) is 2.70. The smallest absolute Gasteiger partial charge is 0.246 e. The van der Waals surface area contributed by atoms with Crippen LogP contribution in [0.25, 0.3) is 0 Å². The van der Waals surface area contributed by atoms with Crippen molar-refractivity contribution in [2.75, 3.05) is 0 Å². The molecule has 1 aliphatic carbocycles. The summed E-state index contributed by atoms with van der Waals surface area (Å²) in [5, 5.41) is 5.81. The minimum Gasteiger partial charge on any atom is -0.320 e. The molecule has 0 fully saturated rings. The standard InChI is InChI=1S/C8H8N4O/c9-12-8-10-6-4-2-1-3-5(6)7(13)11-8/h1-5H,9H2,(H,11,12,13). The van der Waals surface area contributed by atoms with Gasteiger partial charge in [-0.3, -0.25) is 10.1 Å². The first-order valence-electron chi connectivity index (χ1n) is 3.83. The molecule has 0 saturated carbocycles. The quantitative estimate of drug-likeness (QED) is 0.386. The van der Waals surface area contributed by atoms with Crippen molar-refractivity contribution in [3.05, 3.63) is 24.3 Å². The Bertz CT molecular complexity index is 364. The molecule has 1 heterocycles. The molecular weight excluding hydrogens is 168 g/mol. The third-order valence-electron chi connectivity index (χ3n) is 1.88. The Morgan fingerprint density at radius 2 is 2.38 bits per heavy atom. The second kappa shape index (κ2) is 2.85. The molecule has 2 rings (SSSR count). The number of allylic oxidation sites excluding steroid dienone is 3. The molecule has 5 nitrogen and oxygen atoms in total. The van der Waals surface area contributed by atoms with E-state index in [1.807, 2.05) is 12.2 Å². The Kier molecular flexibility index (Phi) is 1.70. The summed E-state index contributed by atoms with van der Waals surface area (Å²) in [6.45, 7) is 0. The highest BCUT2D eigenvalue weighted by Gasteiger charge is 2.27. The van der Waals surface area contributed by atoms with Crippen molar-refractivity contribution in [2.24, 2.45) is 21.9 Å². The molecule has 0 spiro atoms. The third kappa shape index (κ3) is 1.24. The number of hydrogen-bond acceptors (Lipinski definition) is 3. The average Bonchev–Trinajstić information content (AvgIpc) is 2.18. The van der Waals surface area contributed by atoms with Crippen LogP contribution in [0.5, 0.6) is 0 Å². The van der Waals surface area contributed by atoms with Gasteiger partial charge in [-0.05, 0) is 6.08 Å². The van der Waals surface area contributed by atoms with Gasteiger partial charge in [0.1, 0.15) is 0 Å². The summed E-state index contributed by atoms with van der Waals surface area (Å²) < 4.78 is 0. The number of fused-ring (bicyclic) bond motifs is 1. The van der Waals surface area contributed by atoms with E-state index in [0.717, 1.165) is 0 Å². The van der Waals surface area contributed by atoms with E-state index in [-0.39, 0.29) is 17.8 Å². The highest BCUT2D eigenvalue weighted by molar-refractivity contribution is 6.22. The number of hydrazone groups is 1. The van der Waals surface area contributed by atoms with E-state index in [2.05, 4.69) is 15.4 Å². The Balaban J connectivity index is 2.42. The molecule has 0 aromatic heterocycles. The van der Waals surface area contributed by atoms with E-state index in [9.17, 15) is 4.79 Å². The third-order valence-corrected chi connectivity index (χ3v) is 1.88. The van der Waals surface area contributed by atoms with Crippen molar-refractivity contribution in [1.29, 1.82) is 0 Å². The van der Waals surface area contributed by atoms with Gasteiger partial charge in [-0.1, -0.05) is 18.2 Å². The van der Waals surface area contributed by atoms with E-state index in [4.69, 9.17) is 5.84 Å². The van der Waals surface area contributed by atoms with Crippen LogP contribution in [0.4, 0.5) is 0 Å². The number of rotatable bonds is 0. The van der Waals surface area contributed by atoms with Crippen molar-refractivity contribution in [1.82, 2.24) is 5.32 Å². The number of nitrogens with one attached hydrogen (secondary N) is 1. The molecule has 0 aromatic carbocycles. The molecule has 0 radical (unpaired) electrons. The van der Waals surface area contributed by atoms with Gasteiger partial charge in [-0.15, -0.1) is 5.10 Å². The molecule has 66 valence electrons. The number of nitrogens with two attached hydrogens (primary N) is 1. The lowest BCUT2D eigenvalue weighted by atomic mass is 9.96. The number of carbonyl (C=O) groups is 1. The number of amides is 1. The molecule has 1 amide bonds. The number of guanidine groups is 1. The highest BCUT2D eigenvalue weighted by atomic mass is 16.2. The van der Waals surface area contributed by atoms with Crippen LogP contribution in [-0.4, -0.2) is 17.6 Å². The van der Waals surface area contributed by atoms with Gasteiger partial charge >= 0.3 is 0 Å². The summed E-state index contributed by atoms with van der Waals surface area (Å²) in [4.78, 5) is 15.4. The van der Waals surface area contributed by atoms with Crippen molar-refractivity contribution in [2.45, 2.75) is 0 Å². The first-order valence-corrected chi connectivity index (χ1v) is 3.83. The monoisotopic (exact) mass is 176 g/mol. The van der Waals surface area contributed by atoms with Crippen LogP contribution < -0.4 is 11.2 Å². The van der Waals surface area contributed by atoms with Gasteiger partial charge in [0.2, 0.25) is 11.9 Å². The lowest BCUT2D eigenvalue weighted by Crippen LogP contribution is -2.43. The SMILES string of the molecule is N/N=C1/N=C2C=CC=CC2C(=O)N1. The molecule has 3 N–H and O–H groups in total. The topological polar surface area (TPSA) is 79.8 Å². The van der Waals surface area contributed by atoms with E-state index in [1.165, 1.54) is 0 Å². The normalized spacial score (nSPS) is 28.3. The van der Waals surface area contributed by atoms with Crippen molar-refractivity contribution < 1.29 is 4.79 Å². The predicted octanol–water partition coefficient (Wildman–Crippen LogP) is -0.471. The van der Waals surface area contributed by atoms with E-state index < -0.39 is 0 Å². The van der Waals surface area contributed by atoms with Crippen LogP contribution in [0, 0.1) is 5.92 Å². The lowest BCUT2D eigenvalue weighted by Gasteiger charge is -2.19. The Hall–Kier alpha value is -1.91. The van der Waals surface area contributed by atoms with Crippen molar-refractivity contribution >= 4 is 17.6 Å². The number of carbonyl (C=O) groups excluding carboxylic acids is 1. The largest absolute Gasteiger partial charge is 0.320 e. The Morgan fingerprint density at radius 1 is 1.54 bits per heavy atom. The van der Waals surface area contributed by atoms with Crippen LogP contribution in [0.1, 0.15) is 0 Å². The fourth-order valence-electron chi connectivity index (χ4n) is 1.26. The Morgan fingerprint density at radius 3 is 3.15 bits per heavy atom. The van der Waals surface area contributed by atoms with Gasteiger partial charge in [-0.2, -0.15) is 0 Å². The summed E-state index contributed by atoms with van der Waals surface area (Å²) in [7, 11) is 0. The molecular formula is C8H8N4O. The number of aliphatic imine (C=N–C) groups is 1. The van der Waals surface area contributed by atoms with E-state index in [0.29, 0.717) is 5.71 Å². The van der Waals surface area contributed by atoms with Crippen LogP contribution in [0.2, 0.25) is 0 Å². The van der Waals surface area contributed by atoms with E-state index in [1.54, 1.807) is 12.2 Å². The molecule has 0 bridgehead atoms. The zero-order valence-electron chi connectivity index (χ0n) is 6.77. The van der Waals surface area contributed by atoms with Crippen LogP contribution in [-0.2, 0) is 4.79 Å². The number of hydrogen-bond donors (Lipinski definition) is 2. The van der Waals surface area contributed by atoms with Crippen LogP contribution >= 0.6 is 0 Å². The summed E-state index contributed by atoms with van der Waals surface area (Å²) in [5.41, 5.74) is 0.676. The molecule has 0 saturated heterocycles. The minimum absolute atomic E-state index is 0.144. The van der Waals surface area contributed by atoms with E-state index >= 15 is 0 Å². The maximum absolute atomic E-state index is 11.4. The fourth-order valence-corrected chi connectivity index (χ4v) is 1.26. The van der Waals surface area contributed by atoms with Gasteiger partial charge in [0.25, 0.3) is 0 Å². The van der Waals surface area contributed by atoms with Gasteiger partial charge in [0, 0.05) is 0 Å². The lowest BCUT2D eigenvalue weighted by molar-refractivity contribution is -0.120. The summed E-state index contributed by atoms with van der Waals surface area (Å²) in [5.74, 6) is 4.73. The van der Waals surface area contributed by atoms with Gasteiger partial charge in [0.05, 0.1) is 11.6 Å². The average molecular weight is 176 g/mol. The molecule has 5 heteroatoms. The highest BCUT2D eigenvalue weighted by Crippen LogP contribution is 2.13. The maximum Gasteiger partial charge on any atom is 0.246 e. The van der Waals surface area contributed by atoms with Crippen molar-refractivity contribution in [3.63, 3.8) is 0 Å². The molecule has 1 atom stereocenters. The first kappa shape index (κ1) is 7.72. The first-order chi connectivity index (χ1) is 6.31. The van der Waals surface area contributed by atoms with Gasteiger partial charge in [0.15, 0.2) is 0 Å². The predicted molar refractivity (Wildman–Crippen MR) is 49.0 cm³/mol. The number of nitrogens with zero attached hydrogens (tertiary/aromatic N) is 2. The molecule has 0 aromatic rings. The summed E-state index contributed by atoms with van der Waals surface area (Å²) in [6.07, 6.45) is 7.19. The molecule has 13 heavy (non-hydrogen) atoms. The Labute approximate surface area is 74.7 Å². The van der Waals surface area contributed by atoms with Crippen molar-refractivity contribution in [3.8, 4) is 0 Å². The van der Waals surface area contributed by atoms with Crippen LogP contribution in [0.3, 0.4) is 0 Å². The van der Waals surface area contributed by atoms with Crippen LogP contribution in [0.15, 0.2) is 34.4 Å². The fraction of sp³-hybridized carbons (Fsp3) is 0.125. The van der Waals surface area contributed by atoms with Gasteiger partial charge in [-0.25, -0.2) is 4.99 Å². The molecule has 1 unspecified atom stereocenters. The zero-order valence-corrected chi connectivity index (χ0v) is 6.77. The maximum atomic E-state index is 11.4. The molecule has 2 aliphatic rings.